The molecule has 0 saturated carbocycles. The predicted octanol–water partition coefficient (Wildman–Crippen LogP) is 8.43. The molecule has 6 heteroatoms. The van der Waals surface area contributed by atoms with Crippen molar-refractivity contribution in [2.45, 2.75) is 0 Å². The van der Waals surface area contributed by atoms with E-state index in [1.165, 1.54) is 0 Å². The SMILES string of the molecule is c1ccc(-c2ccc3ccc4ccc(-n5c6c7ccccc7oc6c6oc7ccccc7c65)nc4c3n2)nc1. The van der Waals surface area contributed by atoms with Gasteiger partial charge in [-0.25, -0.2) is 9.97 Å². The number of aromatic nitrogens is 4. The van der Waals surface area contributed by atoms with Gasteiger partial charge in [-0.1, -0.05) is 48.5 Å². The summed E-state index contributed by atoms with van der Waals surface area (Å²) < 4.78 is 14.9. The third-order valence-electron chi connectivity index (χ3n) is 7.45. The third-order valence-corrected chi connectivity index (χ3v) is 7.45. The first-order chi connectivity index (χ1) is 19.3. The van der Waals surface area contributed by atoms with Gasteiger partial charge in [-0.2, -0.15) is 0 Å². The summed E-state index contributed by atoms with van der Waals surface area (Å²) >= 11 is 0. The molecule has 0 amide bonds. The van der Waals surface area contributed by atoms with Crippen molar-refractivity contribution in [3.8, 4) is 17.2 Å². The molecule has 182 valence electrons. The van der Waals surface area contributed by atoms with Crippen molar-refractivity contribution < 1.29 is 8.83 Å². The van der Waals surface area contributed by atoms with E-state index in [1.54, 1.807) is 6.20 Å². The summed E-state index contributed by atoms with van der Waals surface area (Å²) in [4.78, 5) is 14.8. The molecule has 0 aliphatic carbocycles. The first-order valence-corrected chi connectivity index (χ1v) is 12.8. The highest BCUT2D eigenvalue weighted by Crippen LogP contribution is 2.43. The van der Waals surface area contributed by atoms with Crippen LogP contribution in [-0.2, 0) is 0 Å². The van der Waals surface area contributed by atoms with Crippen LogP contribution in [-0.4, -0.2) is 19.5 Å². The average molecular weight is 503 g/mol. The van der Waals surface area contributed by atoms with Crippen molar-refractivity contribution in [1.82, 2.24) is 19.5 Å². The molecule has 39 heavy (non-hydrogen) atoms. The maximum absolute atomic E-state index is 6.36. The zero-order valence-corrected chi connectivity index (χ0v) is 20.5. The topological polar surface area (TPSA) is 69.9 Å². The Balaban J connectivity index is 1.41. The van der Waals surface area contributed by atoms with Gasteiger partial charge in [0.2, 0.25) is 0 Å². The van der Waals surface area contributed by atoms with Crippen molar-refractivity contribution in [1.29, 1.82) is 0 Å². The molecule has 6 nitrogen and oxygen atoms in total. The molecule has 9 aromatic rings. The minimum atomic E-state index is 0.720. The number of pyridine rings is 3. The van der Waals surface area contributed by atoms with E-state index in [0.29, 0.717) is 0 Å². The smallest absolute Gasteiger partial charge is 0.196 e. The minimum Gasteiger partial charge on any atom is -0.450 e. The molecule has 6 aromatic heterocycles. The second-order valence-corrected chi connectivity index (χ2v) is 9.68. The lowest BCUT2D eigenvalue weighted by atomic mass is 10.1. The molecule has 0 atom stereocenters. The van der Waals surface area contributed by atoms with E-state index < -0.39 is 0 Å². The van der Waals surface area contributed by atoms with Crippen molar-refractivity contribution in [3.05, 3.63) is 109 Å². The van der Waals surface area contributed by atoms with Crippen LogP contribution in [0.4, 0.5) is 0 Å². The van der Waals surface area contributed by atoms with Crippen LogP contribution in [0.15, 0.2) is 118 Å². The molecule has 0 bridgehead atoms. The van der Waals surface area contributed by atoms with E-state index in [0.717, 1.165) is 83.1 Å². The Labute approximate surface area is 220 Å². The number of para-hydroxylation sites is 2. The van der Waals surface area contributed by atoms with E-state index in [1.807, 2.05) is 60.7 Å². The van der Waals surface area contributed by atoms with Crippen LogP contribution in [0.5, 0.6) is 0 Å². The summed E-state index contributed by atoms with van der Waals surface area (Å²) in [7, 11) is 0. The Kier molecular flexibility index (Phi) is 3.96. The third kappa shape index (κ3) is 2.82. The van der Waals surface area contributed by atoms with Gasteiger partial charge in [0.05, 0.1) is 22.4 Å². The van der Waals surface area contributed by atoms with E-state index >= 15 is 0 Å². The fraction of sp³-hybridized carbons (Fsp3) is 0. The number of rotatable bonds is 2. The van der Waals surface area contributed by atoms with E-state index in [9.17, 15) is 0 Å². The van der Waals surface area contributed by atoms with Gasteiger partial charge in [-0.15, -0.1) is 0 Å². The summed E-state index contributed by atoms with van der Waals surface area (Å²) in [5.74, 6) is 0.776. The van der Waals surface area contributed by atoms with Gasteiger partial charge >= 0.3 is 0 Å². The molecule has 0 aliphatic rings. The second kappa shape index (κ2) is 7.52. The lowest BCUT2D eigenvalue weighted by Gasteiger charge is -2.10. The van der Waals surface area contributed by atoms with Crippen LogP contribution in [0, 0.1) is 0 Å². The number of furan rings is 2. The van der Waals surface area contributed by atoms with Gasteiger partial charge < -0.3 is 8.83 Å². The zero-order chi connectivity index (χ0) is 25.5. The monoisotopic (exact) mass is 502 g/mol. The summed E-state index contributed by atoms with van der Waals surface area (Å²) in [6, 6.07) is 34.4. The van der Waals surface area contributed by atoms with Gasteiger partial charge in [0.1, 0.15) is 28.0 Å². The highest BCUT2D eigenvalue weighted by molar-refractivity contribution is 6.20. The van der Waals surface area contributed by atoms with Crippen molar-refractivity contribution in [3.63, 3.8) is 0 Å². The molecule has 0 unspecified atom stereocenters. The van der Waals surface area contributed by atoms with Crippen LogP contribution in [0.25, 0.3) is 83.1 Å². The van der Waals surface area contributed by atoms with Gasteiger partial charge in [-0.3, -0.25) is 9.55 Å². The normalized spacial score (nSPS) is 12.1. The summed E-state index contributed by atoms with van der Waals surface area (Å²) in [6.45, 7) is 0. The summed E-state index contributed by atoms with van der Waals surface area (Å²) in [5, 5.41) is 4.07. The van der Waals surface area contributed by atoms with Crippen LogP contribution in [0.3, 0.4) is 0 Å². The molecule has 3 aromatic carbocycles. The Morgan fingerprint density at radius 2 is 1.10 bits per heavy atom. The van der Waals surface area contributed by atoms with Gasteiger partial charge in [0.25, 0.3) is 0 Å². The summed E-state index contributed by atoms with van der Waals surface area (Å²) in [6.07, 6.45) is 1.79. The highest BCUT2D eigenvalue weighted by atomic mass is 16.4. The lowest BCUT2D eigenvalue weighted by molar-refractivity contribution is 0.634. The number of hydrogen-bond acceptors (Lipinski definition) is 5. The standard InChI is InChI=1S/C33H18N4O2/c1-3-10-25-21(7-1)30-32(38-25)33-31(22-8-2-4-11-26(22)39-33)37(30)27-17-15-20-13-12-19-14-16-24(23-9-5-6-18-34-23)35-28(19)29(20)36-27/h1-18H. The molecule has 0 fully saturated rings. The van der Waals surface area contributed by atoms with Crippen LogP contribution in [0.2, 0.25) is 0 Å². The van der Waals surface area contributed by atoms with Gasteiger partial charge in [-0.05, 0) is 54.6 Å². The lowest BCUT2D eigenvalue weighted by Crippen LogP contribution is -1.98. The Bertz CT molecular complexity index is 2310. The number of nitrogens with zero attached hydrogens (tertiary/aromatic N) is 4. The Morgan fingerprint density at radius 1 is 0.513 bits per heavy atom. The van der Waals surface area contributed by atoms with E-state index in [4.69, 9.17) is 18.8 Å². The molecule has 0 aliphatic heterocycles. The first kappa shape index (κ1) is 20.6. The Hall–Kier alpha value is -5.49. The van der Waals surface area contributed by atoms with E-state index in [-0.39, 0.29) is 0 Å². The predicted molar refractivity (Wildman–Crippen MR) is 154 cm³/mol. The summed E-state index contributed by atoms with van der Waals surface area (Å²) in [5.41, 5.74) is 8.27. The molecule has 0 N–H and O–H groups in total. The second-order valence-electron chi connectivity index (χ2n) is 9.68. The minimum absolute atomic E-state index is 0.720. The van der Waals surface area contributed by atoms with Crippen LogP contribution >= 0.6 is 0 Å². The maximum Gasteiger partial charge on any atom is 0.196 e. The maximum atomic E-state index is 6.36. The van der Waals surface area contributed by atoms with Crippen molar-refractivity contribution >= 4 is 65.9 Å². The Morgan fingerprint density at radius 3 is 1.77 bits per heavy atom. The average Bonchev–Trinajstić information content (AvgIpc) is 3.65. The number of fused-ring (bicyclic) bond motifs is 10. The molecule has 0 spiro atoms. The molecular weight excluding hydrogens is 484 g/mol. The molecular formula is C33H18N4O2. The largest absolute Gasteiger partial charge is 0.450 e. The van der Waals surface area contributed by atoms with Crippen molar-refractivity contribution in [2.24, 2.45) is 0 Å². The fourth-order valence-corrected chi connectivity index (χ4v) is 5.70. The zero-order valence-electron chi connectivity index (χ0n) is 20.5. The molecule has 9 rings (SSSR count). The molecule has 0 saturated heterocycles. The van der Waals surface area contributed by atoms with E-state index in [2.05, 4.69) is 52.0 Å². The highest BCUT2D eigenvalue weighted by Gasteiger charge is 2.25. The van der Waals surface area contributed by atoms with Gasteiger partial charge in [0.15, 0.2) is 11.2 Å². The van der Waals surface area contributed by atoms with Gasteiger partial charge in [0, 0.05) is 27.7 Å². The number of benzene rings is 3. The number of hydrogen-bond donors (Lipinski definition) is 0. The fourth-order valence-electron chi connectivity index (χ4n) is 5.70. The quantitative estimate of drug-likeness (QED) is 0.222. The van der Waals surface area contributed by atoms with Crippen LogP contribution < -0.4 is 0 Å². The van der Waals surface area contributed by atoms with Crippen LogP contribution in [0.1, 0.15) is 0 Å². The van der Waals surface area contributed by atoms with Crippen molar-refractivity contribution in [2.75, 3.05) is 0 Å². The molecule has 6 heterocycles. The first-order valence-electron chi connectivity index (χ1n) is 12.8. The molecule has 0 radical (unpaired) electrons.